The second kappa shape index (κ2) is 6.34. The van der Waals surface area contributed by atoms with E-state index in [4.69, 9.17) is 20.9 Å². The van der Waals surface area contributed by atoms with E-state index in [0.717, 1.165) is 22.1 Å². The predicted octanol–water partition coefficient (Wildman–Crippen LogP) is 5.12. The van der Waals surface area contributed by atoms with E-state index in [-0.39, 0.29) is 6.61 Å². The topological polar surface area (TPSA) is 48.2 Å². The summed E-state index contributed by atoms with van der Waals surface area (Å²) in [5.41, 5.74) is 0.784. The molecule has 4 aromatic rings. The standard InChI is InChI=1S/C19H13ClN2O2/c20-15-8-3-7-14(11-15)19-21-18(22-24-19)12-23-17-10-4-6-13-5-1-2-9-16(13)17/h1-11H,12H2. The highest BCUT2D eigenvalue weighted by Crippen LogP contribution is 2.26. The van der Waals surface area contributed by atoms with Gasteiger partial charge in [0, 0.05) is 16.0 Å². The van der Waals surface area contributed by atoms with Crippen LogP contribution in [0.3, 0.4) is 0 Å². The molecule has 118 valence electrons. The lowest BCUT2D eigenvalue weighted by atomic mass is 10.1. The normalized spacial score (nSPS) is 10.9. The maximum atomic E-state index is 5.98. The average Bonchev–Trinajstić information content (AvgIpc) is 3.09. The van der Waals surface area contributed by atoms with Crippen LogP contribution >= 0.6 is 11.6 Å². The number of rotatable bonds is 4. The van der Waals surface area contributed by atoms with Gasteiger partial charge in [0.15, 0.2) is 6.61 Å². The van der Waals surface area contributed by atoms with Gasteiger partial charge in [-0.1, -0.05) is 59.2 Å². The molecule has 0 bridgehead atoms. The molecule has 3 aromatic carbocycles. The highest BCUT2D eigenvalue weighted by molar-refractivity contribution is 6.30. The quantitative estimate of drug-likeness (QED) is 0.519. The van der Waals surface area contributed by atoms with Crippen LogP contribution in [0.2, 0.25) is 5.02 Å². The number of hydrogen-bond donors (Lipinski definition) is 0. The Morgan fingerprint density at radius 1 is 0.958 bits per heavy atom. The van der Waals surface area contributed by atoms with E-state index in [1.807, 2.05) is 54.6 Å². The molecule has 0 saturated heterocycles. The Hall–Kier alpha value is -2.85. The molecule has 0 spiro atoms. The van der Waals surface area contributed by atoms with Gasteiger partial charge in [0.2, 0.25) is 5.82 Å². The third-order valence-electron chi connectivity index (χ3n) is 3.65. The van der Waals surface area contributed by atoms with Crippen LogP contribution in [-0.4, -0.2) is 10.1 Å². The summed E-state index contributed by atoms with van der Waals surface area (Å²) in [4.78, 5) is 4.36. The molecule has 0 radical (unpaired) electrons. The van der Waals surface area contributed by atoms with Crippen molar-refractivity contribution in [3.05, 3.63) is 77.6 Å². The highest BCUT2D eigenvalue weighted by Gasteiger charge is 2.10. The van der Waals surface area contributed by atoms with Crippen LogP contribution in [0.4, 0.5) is 0 Å². The van der Waals surface area contributed by atoms with Gasteiger partial charge in [-0.3, -0.25) is 0 Å². The van der Waals surface area contributed by atoms with E-state index in [1.165, 1.54) is 0 Å². The molecule has 5 heteroatoms. The Morgan fingerprint density at radius 2 is 1.79 bits per heavy atom. The first-order chi connectivity index (χ1) is 11.8. The van der Waals surface area contributed by atoms with Crippen LogP contribution in [0.25, 0.3) is 22.2 Å². The molecule has 0 unspecified atom stereocenters. The van der Waals surface area contributed by atoms with Crippen molar-refractivity contribution in [3.8, 4) is 17.2 Å². The molecule has 0 aliphatic rings. The second-order valence-corrected chi connectivity index (χ2v) is 5.73. The largest absolute Gasteiger partial charge is 0.485 e. The van der Waals surface area contributed by atoms with Gasteiger partial charge < -0.3 is 9.26 Å². The summed E-state index contributed by atoms with van der Waals surface area (Å²) in [5, 5.41) is 6.77. The van der Waals surface area contributed by atoms with Crippen molar-refractivity contribution in [2.75, 3.05) is 0 Å². The minimum atomic E-state index is 0.234. The average molecular weight is 337 g/mol. The molecule has 0 amide bonds. The van der Waals surface area contributed by atoms with Gasteiger partial charge in [0.05, 0.1) is 0 Å². The maximum absolute atomic E-state index is 5.98. The van der Waals surface area contributed by atoms with Crippen LogP contribution < -0.4 is 4.74 Å². The lowest BCUT2D eigenvalue weighted by Gasteiger charge is -2.07. The van der Waals surface area contributed by atoms with E-state index in [1.54, 1.807) is 12.1 Å². The van der Waals surface area contributed by atoms with Crippen LogP contribution in [0.5, 0.6) is 5.75 Å². The SMILES string of the molecule is Clc1cccc(-c2nc(COc3cccc4ccccc34)no2)c1. The van der Waals surface area contributed by atoms with Crippen molar-refractivity contribution in [1.82, 2.24) is 10.1 Å². The fourth-order valence-electron chi connectivity index (χ4n) is 2.52. The molecule has 0 atom stereocenters. The molecular weight excluding hydrogens is 324 g/mol. The first-order valence-corrected chi connectivity index (χ1v) is 7.86. The zero-order valence-corrected chi connectivity index (χ0v) is 13.4. The number of halogens is 1. The van der Waals surface area contributed by atoms with Gasteiger partial charge in [-0.25, -0.2) is 0 Å². The number of benzene rings is 3. The van der Waals surface area contributed by atoms with E-state index < -0.39 is 0 Å². The van der Waals surface area contributed by atoms with Crippen molar-refractivity contribution < 1.29 is 9.26 Å². The highest BCUT2D eigenvalue weighted by atomic mass is 35.5. The van der Waals surface area contributed by atoms with Gasteiger partial charge in [-0.05, 0) is 29.7 Å². The molecule has 1 aromatic heterocycles. The molecule has 0 fully saturated rings. The summed E-state index contributed by atoms with van der Waals surface area (Å²) in [6.45, 7) is 0.234. The second-order valence-electron chi connectivity index (χ2n) is 5.29. The molecule has 24 heavy (non-hydrogen) atoms. The van der Waals surface area contributed by atoms with Crippen molar-refractivity contribution in [2.45, 2.75) is 6.61 Å². The predicted molar refractivity (Wildman–Crippen MR) is 93.0 cm³/mol. The summed E-state index contributed by atoms with van der Waals surface area (Å²) in [5.74, 6) is 1.70. The lowest BCUT2D eigenvalue weighted by Crippen LogP contribution is -1.98. The smallest absolute Gasteiger partial charge is 0.258 e. The number of fused-ring (bicyclic) bond motifs is 1. The number of aromatic nitrogens is 2. The van der Waals surface area contributed by atoms with Gasteiger partial charge in [-0.2, -0.15) is 4.98 Å². The summed E-state index contributed by atoms with van der Waals surface area (Å²) >= 11 is 5.98. The summed E-state index contributed by atoms with van der Waals surface area (Å²) in [6.07, 6.45) is 0. The molecule has 0 saturated carbocycles. The Kier molecular flexibility index (Phi) is 3.89. The Labute approximate surface area is 143 Å². The van der Waals surface area contributed by atoms with Crippen LogP contribution in [0, 0.1) is 0 Å². The third-order valence-corrected chi connectivity index (χ3v) is 3.88. The zero-order chi connectivity index (χ0) is 16.4. The molecule has 4 rings (SSSR count). The minimum absolute atomic E-state index is 0.234. The molecule has 1 heterocycles. The summed E-state index contributed by atoms with van der Waals surface area (Å²) < 4.78 is 11.1. The fourth-order valence-corrected chi connectivity index (χ4v) is 2.71. The summed E-state index contributed by atoms with van der Waals surface area (Å²) in [7, 11) is 0. The van der Waals surface area contributed by atoms with E-state index >= 15 is 0 Å². The fraction of sp³-hybridized carbons (Fsp3) is 0.0526. The van der Waals surface area contributed by atoms with Crippen molar-refractivity contribution >= 4 is 22.4 Å². The van der Waals surface area contributed by atoms with E-state index in [0.29, 0.717) is 16.7 Å². The van der Waals surface area contributed by atoms with E-state index in [2.05, 4.69) is 10.1 Å². The van der Waals surface area contributed by atoms with Gasteiger partial charge in [0.25, 0.3) is 5.89 Å². The molecule has 4 nitrogen and oxygen atoms in total. The van der Waals surface area contributed by atoms with Crippen LogP contribution in [-0.2, 0) is 6.61 Å². The van der Waals surface area contributed by atoms with Gasteiger partial charge in [-0.15, -0.1) is 0 Å². The van der Waals surface area contributed by atoms with Crippen LogP contribution in [0.1, 0.15) is 5.82 Å². The third kappa shape index (κ3) is 2.96. The molecular formula is C19H13ClN2O2. The molecule has 0 aliphatic carbocycles. The summed E-state index contributed by atoms with van der Waals surface area (Å²) in [6, 6.07) is 21.3. The Bertz CT molecular complexity index is 992. The van der Waals surface area contributed by atoms with Crippen molar-refractivity contribution in [1.29, 1.82) is 0 Å². The zero-order valence-electron chi connectivity index (χ0n) is 12.6. The van der Waals surface area contributed by atoms with Crippen molar-refractivity contribution in [2.24, 2.45) is 0 Å². The van der Waals surface area contributed by atoms with Crippen LogP contribution in [0.15, 0.2) is 71.3 Å². The maximum Gasteiger partial charge on any atom is 0.258 e. The number of hydrogen-bond acceptors (Lipinski definition) is 4. The number of nitrogens with zero attached hydrogens (tertiary/aromatic N) is 2. The van der Waals surface area contributed by atoms with E-state index in [9.17, 15) is 0 Å². The minimum Gasteiger partial charge on any atom is -0.485 e. The van der Waals surface area contributed by atoms with Crippen molar-refractivity contribution in [3.63, 3.8) is 0 Å². The first kappa shape index (κ1) is 14.7. The monoisotopic (exact) mass is 336 g/mol. The number of ether oxygens (including phenoxy) is 1. The van der Waals surface area contributed by atoms with Gasteiger partial charge in [0.1, 0.15) is 5.75 Å². The Morgan fingerprint density at radius 3 is 2.71 bits per heavy atom. The lowest BCUT2D eigenvalue weighted by molar-refractivity contribution is 0.290. The first-order valence-electron chi connectivity index (χ1n) is 7.49. The van der Waals surface area contributed by atoms with Gasteiger partial charge >= 0.3 is 0 Å². The molecule has 0 N–H and O–H groups in total. The molecule has 0 aliphatic heterocycles. The Balaban J connectivity index is 1.54.